The van der Waals surface area contributed by atoms with E-state index in [2.05, 4.69) is 44.2 Å². The highest BCUT2D eigenvalue weighted by atomic mass is 14.7. The van der Waals surface area contributed by atoms with Crippen molar-refractivity contribution in [2.45, 2.75) is 26.7 Å². The molecule has 1 nitrogen and oxygen atoms in total. The van der Waals surface area contributed by atoms with Gasteiger partial charge in [0.25, 0.3) is 0 Å². The maximum Gasteiger partial charge on any atom is -0.00408 e. The predicted molar refractivity (Wildman–Crippen MR) is 64.6 cm³/mol. The Bertz CT molecular complexity index is 315. The highest BCUT2D eigenvalue weighted by molar-refractivity contribution is 5.16. The van der Waals surface area contributed by atoms with Crippen LogP contribution in [0.3, 0.4) is 0 Å². The summed E-state index contributed by atoms with van der Waals surface area (Å²) in [6, 6.07) is 10.7. The van der Waals surface area contributed by atoms with Crippen LogP contribution in [-0.2, 0) is 6.42 Å². The molecule has 0 spiro atoms. The monoisotopic (exact) mass is 203 g/mol. The molecule has 2 rings (SSSR count). The lowest BCUT2D eigenvalue weighted by Gasteiger charge is -2.02. The predicted octanol–water partition coefficient (Wildman–Crippen LogP) is 2.85. The Kier molecular flexibility index (Phi) is 2.83. The van der Waals surface area contributed by atoms with Gasteiger partial charge in [0.2, 0.25) is 0 Å². The summed E-state index contributed by atoms with van der Waals surface area (Å²) in [7, 11) is 0. The molecule has 0 bridgehead atoms. The summed E-state index contributed by atoms with van der Waals surface area (Å²) in [5, 5.41) is 0. The van der Waals surface area contributed by atoms with Crippen LogP contribution in [0.2, 0.25) is 0 Å². The van der Waals surface area contributed by atoms with Gasteiger partial charge in [-0.2, -0.15) is 0 Å². The molecule has 2 N–H and O–H groups in total. The fraction of sp³-hybridized carbons (Fsp3) is 0.571. The Morgan fingerprint density at radius 3 is 2.33 bits per heavy atom. The standard InChI is InChI=1S/C14H21N/c1-14(2)12(13(14)10-15)9-8-11-6-4-3-5-7-11/h3-7,12-13H,8-10,15H2,1-2H3. The molecule has 0 heterocycles. The van der Waals surface area contributed by atoms with Crippen LogP contribution >= 0.6 is 0 Å². The quantitative estimate of drug-likeness (QED) is 0.800. The maximum absolute atomic E-state index is 5.77. The van der Waals surface area contributed by atoms with E-state index in [9.17, 15) is 0 Å². The van der Waals surface area contributed by atoms with Gasteiger partial charge in [-0.15, -0.1) is 0 Å². The van der Waals surface area contributed by atoms with Crippen molar-refractivity contribution in [2.24, 2.45) is 23.0 Å². The van der Waals surface area contributed by atoms with Crippen LogP contribution in [0.15, 0.2) is 30.3 Å². The van der Waals surface area contributed by atoms with E-state index in [0.717, 1.165) is 18.4 Å². The van der Waals surface area contributed by atoms with Crippen molar-refractivity contribution < 1.29 is 0 Å². The second-order valence-corrected chi connectivity index (χ2v) is 5.29. The molecule has 15 heavy (non-hydrogen) atoms. The molecule has 0 amide bonds. The van der Waals surface area contributed by atoms with E-state index < -0.39 is 0 Å². The fourth-order valence-electron chi connectivity index (χ4n) is 2.87. The first kappa shape index (κ1) is 10.7. The van der Waals surface area contributed by atoms with Crippen LogP contribution < -0.4 is 5.73 Å². The van der Waals surface area contributed by atoms with E-state index in [4.69, 9.17) is 5.73 Å². The average molecular weight is 203 g/mol. The van der Waals surface area contributed by atoms with Gasteiger partial charge in [0.1, 0.15) is 0 Å². The van der Waals surface area contributed by atoms with Gasteiger partial charge in [-0.25, -0.2) is 0 Å². The summed E-state index contributed by atoms with van der Waals surface area (Å²) in [4.78, 5) is 0. The summed E-state index contributed by atoms with van der Waals surface area (Å²) in [5.41, 5.74) is 7.71. The molecule has 1 saturated carbocycles. The summed E-state index contributed by atoms with van der Waals surface area (Å²) < 4.78 is 0. The highest BCUT2D eigenvalue weighted by Gasteiger charge is 2.55. The van der Waals surface area contributed by atoms with Crippen LogP contribution in [0.5, 0.6) is 0 Å². The van der Waals surface area contributed by atoms with E-state index in [0.29, 0.717) is 5.41 Å². The number of aryl methyl sites for hydroxylation is 1. The smallest absolute Gasteiger partial charge is 0.00408 e. The van der Waals surface area contributed by atoms with Gasteiger partial charge in [-0.1, -0.05) is 44.2 Å². The van der Waals surface area contributed by atoms with Gasteiger partial charge in [0, 0.05) is 0 Å². The first-order valence-electron chi connectivity index (χ1n) is 5.90. The van der Waals surface area contributed by atoms with E-state index in [1.54, 1.807) is 0 Å². The van der Waals surface area contributed by atoms with Gasteiger partial charge >= 0.3 is 0 Å². The van der Waals surface area contributed by atoms with E-state index >= 15 is 0 Å². The largest absolute Gasteiger partial charge is 0.330 e. The maximum atomic E-state index is 5.77. The zero-order chi connectivity index (χ0) is 10.9. The lowest BCUT2D eigenvalue weighted by Crippen LogP contribution is -2.05. The van der Waals surface area contributed by atoms with Crippen molar-refractivity contribution >= 4 is 0 Å². The molecule has 0 saturated heterocycles. The average Bonchev–Trinajstić information content (AvgIpc) is 2.78. The SMILES string of the molecule is CC1(C)C(CN)C1CCc1ccccc1. The van der Waals surface area contributed by atoms with Gasteiger partial charge in [-0.3, -0.25) is 0 Å². The second-order valence-electron chi connectivity index (χ2n) is 5.29. The van der Waals surface area contributed by atoms with E-state index in [1.807, 2.05) is 0 Å². The van der Waals surface area contributed by atoms with E-state index in [-0.39, 0.29) is 0 Å². The molecule has 1 aliphatic rings. The van der Waals surface area contributed by atoms with Gasteiger partial charge in [-0.05, 0) is 42.2 Å². The Morgan fingerprint density at radius 1 is 1.13 bits per heavy atom. The molecule has 0 aliphatic heterocycles. The fourth-order valence-corrected chi connectivity index (χ4v) is 2.87. The first-order valence-corrected chi connectivity index (χ1v) is 5.90. The molecule has 2 unspecified atom stereocenters. The molecular formula is C14H21N. The number of rotatable bonds is 4. The van der Waals surface area contributed by atoms with Crippen LogP contribution in [0.1, 0.15) is 25.8 Å². The topological polar surface area (TPSA) is 26.0 Å². The molecule has 1 aliphatic carbocycles. The number of hydrogen-bond donors (Lipinski definition) is 1. The summed E-state index contributed by atoms with van der Waals surface area (Å²) >= 11 is 0. The van der Waals surface area contributed by atoms with Crippen molar-refractivity contribution in [1.82, 2.24) is 0 Å². The Morgan fingerprint density at radius 2 is 1.80 bits per heavy atom. The molecule has 0 aromatic heterocycles. The zero-order valence-electron chi connectivity index (χ0n) is 9.74. The Balaban J connectivity index is 1.86. The summed E-state index contributed by atoms with van der Waals surface area (Å²) in [6.07, 6.45) is 2.49. The molecule has 1 aromatic carbocycles. The van der Waals surface area contributed by atoms with Gasteiger partial charge < -0.3 is 5.73 Å². The molecule has 1 aromatic rings. The van der Waals surface area contributed by atoms with Crippen LogP contribution in [0, 0.1) is 17.3 Å². The lowest BCUT2D eigenvalue weighted by molar-refractivity contribution is 0.522. The molecule has 1 fully saturated rings. The van der Waals surface area contributed by atoms with Gasteiger partial charge in [0.15, 0.2) is 0 Å². The lowest BCUT2D eigenvalue weighted by atomic mass is 10.0. The van der Waals surface area contributed by atoms with Crippen molar-refractivity contribution in [2.75, 3.05) is 6.54 Å². The van der Waals surface area contributed by atoms with Crippen molar-refractivity contribution in [3.8, 4) is 0 Å². The Labute approximate surface area is 92.7 Å². The minimum Gasteiger partial charge on any atom is -0.330 e. The Hall–Kier alpha value is -0.820. The third-order valence-electron chi connectivity index (χ3n) is 4.13. The number of nitrogens with two attached hydrogens (primary N) is 1. The molecular weight excluding hydrogens is 182 g/mol. The molecule has 82 valence electrons. The number of benzene rings is 1. The molecule has 1 heteroatoms. The summed E-state index contributed by atoms with van der Waals surface area (Å²) in [6.45, 7) is 5.55. The highest BCUT2D eigenvalue weighted by Crippen LogP contribution is 2.59. The van der Waals surface area contributed by atoms with Crippen LogP contribution in [0.4, 0.5) is 0 Å². The minimum atomic E-state index is 0.490. The van der Waals surface area contributed by atoms with Crippen molar-refractivity contribution in [3.05, 3.63) is 35.9 Å². The third kappa shape index (κ3) is 2.07. The first-order chi connectivity index (χ1) is 7.16. The van der Waals surface area contributed by atoms with E-state index in [1.165, 1.54) is 18.4 Å². The van der Waals surface area contributed by atoms with Crippen molar-refractivity contribution in [3.63, 3.8) is 0 Å². The van der Waals surface area contributed by atoms with Crippen molar-refractivity contribution in [1.29, 1.82) is 0 Å². The van der Waals surface area contributed by atoms with Crippen LogP contribution in [0.25, 0.3) is 0 Å². The van der Waals surface area contributed by atoms with Gasteiger partial charge in [0.05, 0.1) is 0 Å². The summed E-state index contributed by atoms with van der Waals surface area (Å²) in [5.74, 6) is 1.59. The zero-order valence-corrected chi connectivity index (χ0v) is 9.74. The number of hydrogen-bond acceptors (Lipinski definition) is 1. The third-order valence-corrected chi connectivity index (χ3v) is 4.13. The molecule has 2 atom stereocenters. The normalized spacial score (nSPS) is 27.7. The minimum absolute atomic E-state index is 0.490. The van der Waals surface area contributed by atoms with Crippen LogP contribution in [-0.4, -0.2) is 6.54 Å². The second kappa shape index (κ2) is 3.97. The molecule has 0 radical (unpaired) electrons.